The highest BCUT2D eigenvalue weighted by Crippen LogP contribution is 2.22. The van der Waals surface area contributed by atoms with Crippen molar-refractivity contribution in [1.29, 1.82) is 0 Å². The van der Waals surface area contributed by atoms with E-state index < -0.39 is 0 Å². The van der Waals surface area contributed by atoms with Gasteiger partial charge in [0.1, 0.15) is 0 Å². The van der Waals surface area contributed by atoms with Crippen LogP contribution in [0.3, 0.4) is 0 Å². The van der Waals surface area contributed by atoms with Crippen LogP contribution in [0.4, 0.5) is 5.69 Å². The Kier molecular flexibility index (Phi) is 4.52. The van der Waals surface area contributed by atoms with Crippen molar-refractivity contribution in [3.05, 3.63) is 46.4 Å². The molecule has 2 aromatic rings. The van der Waals surface area contributed by atoms with Crippen molar-refractivity contribution in [2.24, 2.45) is 0 Å². The summed E-state index contributed by atoms with van der Waals surface area (Å²) in [6.07, 6.45) is 1.84. The second-order valence-corrected chi connectivity index (χ2v) is 4.99. The van der Waals surface area contributed by atoms with Crippen LogP contribution < -0.4 is 5.32 Å². The molecule has 0 amide bonds. The third-order valence-electron chi connectivity index (χ3n) is 2.64. The predicted molar refractivity (Wildman–Crippen MR) is 76.6 cm³/mol. The molecule has 0 aliphatic rings. The van der Waals surface area contributed by atoms with Gasteiger partial charge in [0.05, 0.1) is 23.7 Å². The molecule has 0 spiro atoms. The maximum absolute atomic E-state index is 11.7. The third-order valence-corrected chi connectivity index (χ3v) is 3.59. The molecule has 4 nitrogen and oxygen atoms in total. The van der Waals surface area contributed by atoms with E-state index in [9.17, 15) is 4.79 Å². The van der Waals surface area contributed by atoms with Gasteiger partial charge >= 0.3 is 5.97 Å². The Bertz CT molecular complexity index is 540. The fraction of sp³-hybridized carbons (Fsp3) is 0.286. The van der Waals surface area contributed by atoms with Gasteiger partial charge in [-0.15, -0.1) is 11.3 Å². The number of anilines is 1. The van der Waals surface area contributed by atoms with Crippen LogP contribution in [0.15, 0.2) is 36.0 Å². The number of rotatable bonds is 5. The zero-order valence-corrected chi connectivity index (χ0v) is 11.7. The van der Waals surface area contributed by atoms with Gasteiger partial charge in [-0.25, -0.2) is 4.79 Å². The number of aromatic nitrogens is 1. The first kappa shape index (κ1) is 13.5. The summed E-state index contributed by atoms with van der Waals surface area (Å²) >= 11 is 1.60. The number of benzene rings is 1. The quantitative estimate of drug-likeness (QED) is 0.849. The molecule has 0 saturated carbocycles. The minimum absolute atomic E-state index is 0.157. The third kappa shape index (κ3) is 3.54. The van der Waals surface area contributed by atoms with Gasteiger partial charge in [-0.05, 0) is 32.0 Å². The van der Waals surface area contributed by atoms with Crippen molar-refractivity contribution >= 4 is 23.0 Å². The summed E-state index contributed by atoms with van der Waals surface area (Å²) in [7, 11) is 0. The van der Waals surface area contributed by atoms with Gasteiger partial charge in [0.25, 0.3) is 0 Å². The van der Waals surface area contributed by atoms with Crippen molar-refractivity contribution in [3.8, 4) is 0 Å². The van der Waals surface area contributed by atoms with Gasteiger partial charge in [0.15, 0.2) is 0 Å². The Hall–Kier alpha value is -1.88. The number of hydrogen-bond donors (Lipinski definition) is 1. The van der Waals surface area contributed by atoms with Crippen molar-refractivity contribution in [1.82, 2.24) is 4.98 Å². The molecule has 19 heavy (non-hydrogen) atoms. The molecule has 0 bridgehead atoms. The Morgan fingerprint density at radius 3 is 3.05 bits per heavy atom. The smallest absolute Gasteiger partial charge is 0.338 e. The van der Waals surface area contributed by atoms with E-state index in [4.69, 9.17) is 4.74 Å². The van der Waals surface area contributed by atoms with Crippen LogP contribution in [0, 0.1) is 0 Å². The van der Waals surface area contributed by atoms with E-state index in [0.29, 0.717) is 12.2 Å². The van der Waals surface area contributed by atoms with Crippen molar-refractivity contribution in [2.45, 2.75) is 19.9 Å². The van der Waals surface area contributed by atoms with E-state index in [1.807, 2.05) is 23.8 Å². The van der Waals surface area contributed by atoms with E-state index in [2.05, 4.69) is 17.2 Å². The number of esters is 1. The van der Waals surface area contributed by atoms with E-state index in [0.717, 1.165) is 10.6 Å². The number of carbonyl (C=O) groups excluding carboxylic acids is 1. The molecule has 2 rings (SSSR count). The molecule has 1 atom stereocenters. The molecule has 1 unspecified atom stereocenters. The van der Waals surface area contributed by atoms with Crippen LogP contribution in [0.25, 0.3) is 0 Å². The van der Waals surface area contributed by atoms with Gasteiger partial charge in [0, 0.05) is 16.8 Å². The van der Waals surface area contributed by atoms with Crippen molar-refractivity contribution in [3.63, 3.8) is 0 Å². The lowest BCUT2D eigenvalue weighted by Gasteiger charge is -2.13. The molecule has 1 heterocycles. The lowest BCUT2D eigenvalue weighted by atomic mass is 10.2. The Morgan fingerprint density at radius 1 is 1.53 bits per heavy atom. The van der Waals surface area contributed by atoms with Gasteiger partial charge < -0.3 is 10.1 Å². The number of nitrogens with one attached hydrogen (secondary N) is 1. The molecule has 1 N–H and O–H groups in total. The molecule has 0 aliphatic carbocycles. The highest BCUT2D eigenvalue weighted by atomic mass is 32.1. The van der Waals surface area contributed by atoms with Crippen LogP contribution in [-0.2, 0) is 4.74 Å². The summed E-state index contributed by atoms with van der Waals surface area (Å²) < 4.78 is 4.99. The molecule has 1 aromatic heterocycles. The van der Waals surface area contributed by atoms with Gasteiger partial charge in [0.2, 0.25) is 0 Å². The zero-order chi connectivity index (χ0) is 13.7. The largest absolute Gasteiger partial charge is 0.462 e. The fourth-order valence-electron chi connectivity index (χ4n) is 1.71. The zero-order valence-electron chi connectivity index (χ0n) is 10.9. The van der Waals surface area contributed by atoms with E-state index >= 15 is 0 Å². The molecule has 0 saturated heterocycles. The minimum Gasteiger partial charge on any atom is -0.462 e. The standard InChI is InChI=1S/C14H16N2O2S/c1-3-18-14(17)11-5-4-6-12(7-11)16-10(2)13-8-15-9-19-13/h4-10,16H,3H2,1-2H3. The maximum atomic E-state index is 11.7. The molecule has 0 fully saturated rings. The maximum Gasteiger partial charge on any atom is 0.338 e. The number of hydrogen-bond acceptors (Lipinski definition) is 5. The topological polar surface area (TPSA) is 51.2 Å². The number of carbonyl (C=O) groups is 1. The second kappa shape index (κ2) is 6.33. The van der Waals surface area contributed by atoms with E-state index in [-0.39, 0.29) is 12.0 Å². The van der Waals surface area contributed by atoms with Crippen LogP contribution in [0.2, 0.25) is 0 Å². The van der Waals surface area contributed by atoms with Crippen LogP contribution in [0.5, 0.6) is 0 Å². The summed E-state index contributed by atoms with van der Waals surface area (Å²) in [4.78, 5) is 16.9. The molecule has 1 aromatic carbocycles. The van der Waals surface area contributed by atoms with Crippen LogP contribution in [0.1, 0.15) is 35.1 Å². The lowest BCUT2D eigenvalue weighted by Crippen LogP contribution is -2.08. The summed E-state index contributed by atoms with van der Waals surface area (Å²) in [5.74, 6) is -0.295. The highest BCUT2D eigenvalue weighted by molar-refractivity contribution is 7.09. The minimum atomic E-state index is -0.295. The van der Waals surface area contributed by atoms with Gasteiger partial charge in [-0.3, -0.25) is 4.98 Å². The van der Waals surface area contributed by atoms with Gasteiger partial charge in [-0.1, -0.05) is 6.07 Å². The van der Waals surface area contributed by atoms with Crippen LogP contribution in [-0.4, -0.2) is 17.6 Å². The summed E-state index contributed by atoms with van der Waals surface area (Å²) in [6, 6.07) is 7.48. The van der Waals surface area contributed by atoms with Crippen LogP contribution >= 0.6 is 11.3 Å². The van der Waals surface area contributed by atoms with Gasteiger partial charge in [-0.2, -0.15) is 0 Å². The number of thiazole rings is 1. The highest BCUT2D eigenvalue weighted by Gasteiger charge is 2.10. The molecule has 0 aliphatic heterocycles. The molecular formula is C14H16N2O2S. The first-order valence-electron chi connectivity index (χ1n) is 6.12. The first-order valence-corrected chi connectivity index (χ1v) is 7.00. The monoisotopic (exact) mass is 276 g/mol. The normalized spacial score (nSPS) is 11.9. The SMILES string of the molecule is CCOC(=O)c1cccc(NC(C)c2cncs2)c1. The summed E-state index contributed by atoms with van der Waals surface area (Å²) in [5, 5.41) is 3.34. The van der Waals surface area contributed by atoms with Crippen molar-refractivity contribution < 1.29 is 9.53 Å². The molecule has 100 valence electrons. The molecule has 5 heteroatoms. The molecule has 0 radical (unpaired) electrons. The Morgan fingerprint density at radius 2 is 2.37 bits per heavy atom. The number of ether oxygens (including phenoxy) is 1. The summed E-state index contributed by atoms with van der Waals surface area (Å²) in [5.41, 5.74) is 3.26. The predicted octanol–water partition coefficient (Wildman–Crippen LogP) is 3.49. The van der Waals surface area contributed by atoms with E-state index in [1.165, 1.54) is 0 Å². The first-order chi connectivity index (χ1) is 9.20. The average molecular weight is 276 g/mol. The number of nitrogens with zero attached hydrogens (tertiary/aromatic N) is 1. The Balaban J connectivity index is 2.09. The fourth-order valence-corrected chi connectivity index (χ4v) is 2.34. The summed E-state index contributed by atoms with van der Waals surface area (Å²) in [6.45, 7) is 4.24. The van der Waals surface area contributed by atoms with Crippen molar-refractivity contribution in [2.75, 3.05) is 11.9 Å². The second-order valence-electron chi connectivity index (χ2n) is 4.07. The van der Waals surface area contributed by atoms with E-state index in [1.54, 1.807) is 30.4 Å². The lowest BCUT2D eigenvalue weighted by molar-refractivity contribution is 0.0526. The Labute approximate surface area is 116 Å². The average Bonchev–Trinajstić information content (AvgIpc) is 2.93. The molecular weight excluding hydrogens is 260 g/mol.